The molecule has 0 aliphatic rings. The van der Waals surface area contributed by atoms with Crippen molar-refractivity contribution in [2.24, 2.45) is 5.73 Å². The van der Waals surface area contributed by atoms with Crippen LogP contribution in [-0.2, 0) is 13.1 Å². The first-order valence-corrected chi connectivity index (χ1v) is 6.92. The van der Waals surface area contributed by atoms with Crippen molar-refractivity contribution in [1.82, 2.24) is 0 Å². The van der Waals surface area contributed by atoms with Crippen molar-refractivity contribution in [1.29, 1.82) is 0 Å². The average Bonchev–Trinajstić information content (AvgIpc) is 2.45. The van der Waals surface area contributed by atoms with Crippen LogP contribution in [-0.4, -0.2) is 6.54 Å². The highest BCUT2D eigenvalue weighted by molar-refractivity contribution is 5.48. The Morgan fingerprint density at radius 2 is 1.70 bits per heavy atom. The lowest BCUT2D eigenvalue weighted by molar-refractivity contribution is 0.622. The fourth-order valence-corrected chi connectivity index (χ4v) is 2.29. The summed E-state index contributed by atoms with van der Waals surface area (Å²) in [6, 6.07) is 13.4. The van der Waals surface area contributed by atoms with Gasteiger partial charge in [0, 0.05) is 25.3 Å². The van der Waals surface area contributed by atoms with E-state index in [1.807, 2.05) is 6.07 Å². The molecule has 3 heteroatoms. The molecule has 0 saturated carbocycles. The smallest absolute Gasteiger partial charge is 0.123 e. The number of hydrogen-bond acceptors (Lipinski definition) is 2. The lowest BCUT2D eigenvalue weighted by Crippen LogP contribution is -2.22. The molecule has 0 atom stereocenters. The zero-order valence-electron chi connectivity index (χ0n) is 12.1. The molecule has 0 heterocycles. The first-order valence-electron chi connectivity index (χ1n) is 6.92. The van der Waals surface area contributed by atoms with Crippen LogP contribution >= 0.6 is 0 Å². The van der Waals surface area contributed by atoms with E-state index in [0.717, 1.165) is 23.4 Å². The fourth-order valence-electron chi connectivity index (χ4n) is 2.29. The molecule has 0 unspecified atom stereocenters. The van der Waals surface area contributed by atoms with Crippen LogP contribution in [0.2, 0.25) is 0 Å². The van der Waals surface area contributed by atoms with Gasteiger partial charge in [0.1, 0.15) is 5.82 Å². The summed E-state index contributed by atoms with van der Waals surface area (Å²) < 4.78 is 13.6. The van der Waals surface area contributed by atoms with E-state index in [4.69, 9.17) is 5.73 Å². The molecule has 0 bridgehead atoms. The van der Waals surface area contributed by atoms with Crippen molar-refractivity contribution >= 4 is 5.69 Å². The van der Waals surface area contributed by atoms with E-state index in [9.17, 15) is 4.39 Å². The number of hydrogen-bond donors (Lipinski definition) is 1. The van der Waals surface area contributed by atoms with Crippen LogP contribution in [0.5, 0.6) is 0 Å². The summed E-state index contributed by atoms with van der Waals surface area (Å²) in [5.74, 6) is -0.220. The van der Waals surface area contributed by atoms with Crippen LogP contribution in [0.15, 0.2) is 42.5 Å². The SMILES string of the molecule is CCN(Cc1cc(F)cc(CN)c1)c1ccc(C)cc1. The number of nitrogens with zero attached hydrogens (tertiary/aromatic N) is 1. The topological polar surface area (TPSA) is 29.3 Å². The van der Waals surface area contributed by atoms with Gasteiger partial charge in [-0.1, -0.05) is 23.8 Å². The molecule has 2 aromatic carbocycles. The molecule has 0 saturated heterocycles. The van der Waals surface area contributed by atoms with Gasteiger partial charge in [0.25, 0.3) is 0 Å². The Morgan fingerprint density at radius 3 is 2.30 bits per heavy atom. The third kappa shape index (κ3) is 3.58. The normalized spacial score (nSPS) is 10.6. The quantitative estimate of drug-likeness (QED) is 0.900. The summed E-state index contributed by atoms with van der Waals surface area (Å²) in [7, 11) is 0. The largest absolute Gasteiger partial charge is 0.367 e. The Morgan fingerprint density at radius 1 is 1.05 bits per heavy atom. The van der Waals surface area contributed by atoms with E-state index >= 15 is 0 Å². The Labute approximate surface area is 120 Å². The van der Waals surface area contributed by atoms with Crippen LogP contribution in [0, 0.1) is 12.7 Å². The molecule has 2 N–H and O–H groups in total. The lowest BCUT2D eigenvalue weighted by Gasteiger charge is -2.23. The molecule has 0 aliphatic heterocycles. The van der Waals surface area contributed by atoms with Gasteiger partial charge in [0.2, 0.25) is 0 Å². The zero-order chi connectivity index (χ0) is 14.5. The van der Waals surface area contributed by atoms with Crippen molar-refractivity contribution in [2.75, 3.05) is 11.4 Å². The third-order valence-electron chi connectivity index (χ3n) is 3.41. The van der Waals surface area contributed by atoms with Gasteiger partial charge in [-0.2, -0.15) is 0 Å². The maximum atomic E-state index is 13.6. The van der Waals surface area contributed by atoms with Crippen molar-refractivity contribution in [3.8, 4) is 0 Å². The van der Waals surface area contributed by atoms with E-state index in [2.05, 4.69) is 43.0 Å². The molecule has 20 heavy (non-hydrogen) atoms. The number of aryl methyl sites for hydroxylation is 1. The molecule has 0 spiro atoms. The Bertz CT molecular complexity index is 564. The van der Waals surface area contributed by atoms with Crippen LogP contribution in [0.3, 0.4) is 0 Å². The lowest BCUT2D eigenvalue weighted by atomic mass is 10.1. The van der Waals surface area contributed by atoms with Crippen molar-refractivity contribution in [3.05, 3.63) is 65.0 Å². The Balaban J connectivity index is 2.21. The van der Waals surface area contributed by atoms with Crippen LogP contribution in [0.4, 0.5) is 10.1 Å². The molecule has 0 aliphatic carbocycles. The summed E-state index contributed by atoms with van der Waals surface area (Å²) in [4.78, 5) is 2.22. The second kappa shape index (κ2) is 6.53. The molecule has 2 nitrogen and oxygen atoms in total. The first-order chi connectivity index (χ1) is 9.62. The predicted molar refractivity (Wildman–Crippen MR) is 82.2 cm³/mol. The third-order valence-corrected chi connectivity index (χ3v) is 3.41. The molecular formula is C17H21FN2. The second-order valence-electron chi connectivity index (χ2n) is 5.02. The van der Waals surface area contributed by atoms with Crippen LogP contribution in [0.25, 0.3) is 0 Å². The zero-order valence-corrected chi connectivity index (χ0v) is 12.1. The molecule has 2 rings (SSSR count). The number of rotatable bonds is 5. The predicted octanol–water partition coefficient (Wildman–Crippen LogP) is 3.62. The van der Waals surface area contributed by atoms with Crippen LogP contribution < -0.4 is 10.6 Å². The average molecular weight is 272 g/mol. The van der Waals surface area contributed by atoms with E-state index < -0.39 is 0 Å². The second-order valence-corrected chi connectivity index (χ2v) is 5.02. The summed E-state index contributed by atoms with van der Waals surface area (Å²) in [6.07, 6.45) is 0. The van der Waals surface area contributed by atoms with Gasteiger partial charge in [-0.05, 0) is 49.2 Å². The van der Waals surface area contributed by atoms with E-state index in [1.54, 1.807) is 6.07 Å². The van der Waals surface area contributed by atoms with Gasteiger partial charge in [-0.25, -0.2) is 4.39 Å². The molecule has 0 amide bonds. The van der Waals surface area contributed by atoms with Gasteiger partial charge in [0.05, 0.1) is 0 Å². The molecular weight excluding hydrogens is 251 g/mol. The van der Waals surface area contributed by atoms with E-state index in [-0.39, 0.29) is 5.82 Å². The molecule has 106 valence electrons. The van der Waals surface area contributed by atoms with Gasteiger partial charge >= 0.3 is 0 Å². The van der Waals surface area contributed by atoms with Gasteiger partial charge in [-0.3, -0.25) is 0 Å². The van der Waals surface area contributed by atoms with Gasteiger partial charge < -0.3 is 10.6 Å². The number of benzene rings is 2. The highest BCUT2D eigenvalue weighted by Crippen LogP contribution is 2.19. The fraction of sp³-hybridized carbons (Fsp3) is 0.294. The standard InChI is InChI=1S/C17H21FN2/c1-3-20(17-6-4-13(2)5-7-17)12-15-8-14(11-19)9-16(18)10-15/h4-10H,3,11-12,19H2,1-2H3. The number of halogens is 1. The highest BCUT2D eigenvalue weighted by atomic mass is 19.1. The minimum Gasteiger partial charge on any atom is -0.367 e. The minimum absolute atomic E-state index is 0.220. The van der Waals surface area contributed by atoms with E-state index in [0.29, 0.717) is 13.1 Å². The molecule has 0 radical (unpaired) electrons. The van der Waals surface area contributed by atoms with Gasteiger partial charge in [0.15, 0.2) is 0 Å². The monoisotopic (exact) mass is 272 g/mol. The Hall–Kier alpha value is -1.87. The van der Waals surface area contributed by atoms with Crippen molar-refractivity contribution in [2.45, 2.75) is 26.9 Å². The summed E-state index contributed by atoms with van der Waals surface area (Å²) in [6.45, 7) is 6.09. The maximum Gasteiger partial charge on any atom is 0.123 e. The summed E-state index contributed by atoms with van der Waals surface area (Å²) in [5.41, 5.74) is 9.77. The highest BCUT2D eigenvalue weighted by Gasteiger charge is 2.07. The maximum absolute atomic E-state index is 13.6. The molecule has 2 aromatic rings. The van der Waals surface area contributed by atoms with Crippen molar-refractivity contribution in [3.63, 3.8) is 0 Å². The number of anilines is 1. The number of nitrogens with two attached hydrogens (primary N) is 1. The first kappa shape index (κ1) is 14.5. The van der Waals surface area contributed by atoms with E-state index in [1.165, 1.54) is 11.6 Å². The molecule has 0 fully saturated rings. The van der Waals surface area contributed by atoms with Crippen molar-refractivity contribution < 1.29 is 4.39 Å². The van der Waals surface area contributed by atoms with Crippen LogP contribution in [0.1, 0.15) is 23.6 Å². The summed E-state index contributed by atoms with van der Waals surface area (Å²) >= 11 is 0. The Kier molecular flexibility index (Phi) is 4.74. The van der Waals surface area contributed by atoms with Gasteiger partial charge in [-0.15, -0.1) is 0 Å². The minimum atomic E-state index is -0.220. The molecule has 0 aromatic heterocycles. The summed E-state index contributed by atoms with van der Waals surface area (Å²) in [5, 5.41) is 0.